The number of hydrogen-bond donors (Lipinski definition) is 0. The lowest BCUT2D eigenvalue weighted by Crippen LogP contribution is -2.60. The number of fused-ring (bicyclic) bond motifs is 18. The Morgan fingerprint density at radius 2 is 1.08 bits per heavy atom. The van der Waals surface area contributed by atoms with Crippen molar-refractivity contribution in [3.63, 3.8) is 0 Å². The molecule has 0 unspecified atom stereocenters. The Labute approximate surface area is 382 Å². The molecule has 6 heteroatoms. The Kier molecular flexibility index (Phi) is 6.73. The van der Waals surface area contributed by atoms with E-state index in [1.807, 2.05) is 0 Å². The molecule has 5 nitrogen and oxygen atoms in total. The summed E-state index contributed by atoms with van der Waals surface area (Å²) in [6, 6.07) is 49.9. The molecule has 0 spiro atoms. The third kappa shape index (κ3) is 4.67. The smallest absolute Gasteiger partial charge is 0.333 e. The van der Waals surface area contributed by atoms with Gasteiger partial charge in [0.15, 0.2) is 0 Å². The van der Waals surface area contributed by atoms with Gasteiger partial charge in [0.25, 0.3) is 0 Å². The molecule has 8 aromatic carbocycles. The fourth-order valence-electron chi connectivity index (χ4n) is 12.6. The third-order valence-corrected chi connectivity index (χ3v) is 16.2. The van der Waals surface area contributed by atoms with E-state index in [2.05, 4.69) is 191 Å². The normalized spacial score (nSPS) is 16.2. The van der Waals surface area contributed by atoms with Crippen molar-refractivity contribution >= 4 is 117 Å². The van der Waals surface area contributed by atoms with E-state index in [0.29, 0.717) is 0 Å². The van der Waals surface area contributed by atoms with Crippen LogP contribution in [-0.4, -0.2) is 11.4 Å². The summed E-state index contributed by atoms with van der Waals surface area (Å²) in [6.07, 6.45) is 2.32. The van der Waals surface area contributed by atoms with Gasteiger partial charge in [0, 0.05) is 71.8 Å². The quantitative estimate of drug-likeness (QED) is 0.154. The average molecular weight is 855 g/mol. The number of rotatable bonds is 1. The lowest BCUT2D eigenvalue weighted by Gasteiger charge is -2.42. The van der Waals surface area contributed by atoms with Crippen LogP contribution in [-0.2, 0) is 16.2 Å². The molecule has 66 heavy (non-hydrogen) atoms. The summed E-state index contributed by atoms with van der Waals surface area (Å²) in [6.45, 7) is 16.3. The predicted octanol–water partition coefficient (Wildman–Crippen LogP) is 15.4. The van der Waals surface area contributed by atoms with Gasteiger partial charge in [0.2, 0.25) is 0 Å². The minimum atomic E-state index is -0.180. The van der Waals surface area contributed by atoms with Crippen molar-refractivity contribution in [1.29, 1.82) is 0 Å². The van der Waals surface area contributed by atoms with E-state index >= 15 is 0 Å². The fraction of sp³-hybridized carbons (Fsp3) is 0.200. The number of benzene rings is 8. The van der Waals surface area contributed by atoms with Crippen molar-refractivity contribution in [1.82, 2.24) is 4.57 Å². The van der Waals surface area contributed by atoms with Gasteiger partial charge in [-0.15, -0.1) is 0 Å². The van der Waals surface area contributed by atoms with Crippen molar-refractivity contribution in [2.24, 2.45) is 0 Å². The van der Waals surface area contributed by atoms with Gasteiger partial charge in [0.1, 0.15) is 33.5 Å². The molecule has 0 radical (unpaired) electrons. The molecule has 0 amide bonds. The van der Waals surface area contributed by atoms with Crippen LogP contribution in [0.3, 0.4) is 0 Å². The van der Waals surface area contributed by atoms with Crippen LogP contribution in [0, 0.1) is 0 Å². The molecule has 15 rings (SSSR count). The van der Waals surface area contributed by atoms with E-state index in [0.717, 1.165) is 90.3 Å². The largest absolute Gasteiger partial charge is 0.456 e. The molecule has 0 N–H and O–H groups in total. The molecule has 1 aliphatic carbocycles. The molecule has 3 aliphatic rings. The Morgan fingerprint density at radius 1 is 0.485 bits per heavy atom. The molecule has 0 saturated heterocycles. The highest BCUT2D eigenvalue weighted by Gasteiger charge is 2.45. The van der Waals surface area contributed by atoms with E-state index in [1.54, 1.807) is 0 Å². The second-order valence-electron chi connectivity index (χ2n) is 21.9. The Morgan fingerprint density at radius 3 is 1.79 bits per heavy atom. The second kappa shape index (κ2) is 12.0. The number of nitrogens with zero attached hydrogens (tertiary/aromatic N) is 2. The molecule has 0 atom stereocenters. The van der Waals surface area contributed by atoms with Crippen molar-refractivity contribution in [3.05, 3.63) is 150 Å². The van der Waals surface area contributed by atoms with E-state index in [1.165, 1.54) is 65.9 Å². The Balaban J connectivity index is 1.10. The SMILES string of the molecule is CC(C)(C)c1ccc(N2B3c4cc5oc6ccccc6c5cc4-n4c5cc6c(cc5c5ccc(c3c54)-c3cc4c(cc32)oc2cc3c(cc24)C(C)(C)CCC3(C)C)oc2ccccc26)cc1. The Hall–Kier alpha value is -7.18. The number of anilines is 2. The number of furan rings is 3. The first-order valence-electron chi connectivity index (χ1n) is 23.6. The molecule has 0 fully saturated rings. The van der Waals surface area contributed by atoms with E-state index < -0.39 is 0 Å². The summed E-state index contributed by atoms with van der Waals surface area (Å²) in [7, 11) is 0. The van der Waals surface area contributed by atoms with Crippen LogP contribution in [0.5, 0.6) is 0 Å². The zero-order valence-electron chi connectivity index (χ0n) is 38.3. The number of para-hydroxylation sites is 2. The van der Waals surface area contributed by atoms with Crippen molar-refractivity contribution in [2.75, 3.05) is 4.81 Å². The van der Waals surface area contributed by atoms with Gasteiger partial charge in [-0.3, -0.25) is 0 Å². The van der Waals surface area contributed by atoms with Crippen molar-refractivity contribution < 1.29 is 13.3 Å². The number of aromatic nitrogens is 1. The van der Waals surface area contributed by atoms with Crippen LogP contribution in [0.1, 0.15) is 78.0 Å². The zero-order valence-corrected chi connectivity index (χ0v) is 38.3. The monoisotopic (exact) mass is 854 g/mol. The summed E-state index contributed by atoms with van der Waals surface area (Å²) < 4.78 is 22.9. The average Bonchev–Trinajstić information content (AvgIpc) is 4.05. The summed E-state index contributed by atoms with van der Waals surface area (Å²) in [5.41, 5.74) is 20.6. The van der Waals surface area contributed by atoms with Crippen molar-refractivity contribution in [3.8, 4) is 16.8 Å². The van der Waals surface area contributed by atoms with Gasteiger partial charge in [0.05, 0.1) is 11.0 Å². The molecule has 12 aromatic rings. The van der Waals surface area contributed by atoms with Crippen LogP contribution in [0.25, 0.3) is 104 Å². The Bertz CT molecular complexity index is 4170. The molecule has 4 aromatic heterocycles. The van der Waals surface area contributed by atoms with Crippen LogP contribution >= 0.6 is 0 Å². The lowest BCUT2D eigenvalue weighted by molar-refractivity contribution is 0.332. The van der Waals surface area contributed by atoms with Crippen LogP contribution in [0.15, 0.2) is 147 Å². The molecule has 0 bridgehead atoms. The third-order valence-electron chi connectivity index (χ3n) is 16.2. The van der Waals surface area contributed by atoms with Crippen LogP contribution < -0.4 is 15.7 Å². The maximum Gasteiger partial charge on any atom is 0.333 e. The minimum Gasteiger partial charge on any atom is -0.456 e. The standard InChI is InChI=1S/C60H47BN2O3/c1-58(2,3)32-16-18-33(19-17-32)63-48-31-55-40(41-25-44-45(29-53(41)66-55)60(6,7)23-22-59(44,4)5)24-38(48)36-20-21-37-39-28-52-42(34-12-8-10-14-50(34)64-52)26-47(39)62-49-27-43-35-13-9-11-15-51(35)65-54(43)30-46(49)61(63)56(36)57(37)62/h8-21,24-31H,22-23H2,1-7H3. The zero-order chi connectivity index (χ0) is 44.3. The summed E-state index contributed by atoms with van der Waals surface area (Å²) in [5.74, 6) is 0. The maximum absolute atomic E-state index is 7.04. The number of hydrogen-bond acceptors (Lipinski definition) is 4. The fourth-order valence-corrected chi connectivity index (χ4v) is 12.6. The maximum atomic E-state index is 7.04. The van der Waals surface area contributed by atoms with Gasteiger partial charge in [-0.25, -0.2) is 0 Å². The summed E-state index contributed by atoms with van der Waals surface area (Å²) >= 11 is 0. The first-order valence-corrected chi connectivity index (χ1v) is 23.6. The highest BCUT2D eigenvalue weighted by atomic mass is 16.3. The molecule has 318 valence electrons. The topological polar surface area (TPSA) is 47.6 Å². The highest BCUT2D eigenvalue weighted by molar-refractivity contribution is 6.94. The van der Waals surface area contributed by atoms with Crippen LogP contribution in [0.2, 0.25) is 0 Å². The van der Waals surface area contributed by atoms with Gasteiger partial charge in [-0.2, -0.15) is 0 Å². The summed E-state index contributed by atoms with van der Waals surface area (Å²) in [5, 5.41) is 9.24. The van der Waals surface area contributed by atoms with Gasteiger partial charge >= 0.3 is 6.85 Å². The van der Waals surface area contributed by atoms with Crippen LogP contribution in [0.4, 0.5) is 11.4 Å². The minimum absolute atomic E-state index is 0.00955. The lowest BCUT2D eigenvalue weighted by atomic mass is 9.44. The van der Waals surface area contributed by atoms with E-state index in [4.69, 9.17) is 13.3 Å². The molecule has 2 aliphatic heterocycles. The highest BCUT2D eigenvalue weighted by Crippen LogP contribution is 2.52. The van der Waals surface area contributed by atoms with Gasteiger partial charge in [-0.05, 0) is 129 Å². The van der Waals surface area contributed by atoms with E-state index in [9.17, 15) is 0 Å². The van der Waals surface area contributed by atoms with Gasteiger partial charge < -0.3 is 22.6 Å². The summed E-state index contributed by atoms with van der Waals surface area (Å²) in [4.78, 5) is 2.60. The molecular formula is C60H47BN2O3. The second-order valence-corrected chi connectivity index (χ2v) is 21.9. The van der Waals surface area contributed by atoms with Gasteiger partial charge in [-0.1, -0.05) is 109 Å². The molecule has 6 heterocycles. The molecule has 0 saturated carbocycles. The predicted molar refractivity (Wildman–Crippen MR) is 276 cm³/mol. The van der Waals surface area contributed by atoms with Crippen molar-refractivity contribution in [2.45, 2.75) is 77.6 Å². The van der Waals surface area contributed by atoms with E-state index in [-0.39, 0.29) is 23.1 Å². The first kappa shape index (κ1) is 37.1. The first-order chi connectivity index (χ1) is 31.8. The molecular weight excluding hydrogens is 807 g/mol.